The van der Waals surface area contributed by atoms with Crippen molar-refractivity contribution in [1.29, 1.82) is 0 Å². The van der Waals surface area contributed by atoms with Gasteiger partial charge < -0.3 is 4.74 Å². The quantitative estimate of drug-likeness (QED) is 0.218. The first-order valence-electron chi connectivity index (χ1n) is 9.50. The number of carbonyl (C=O) groups excluding carboxylic acids is 2. The van der Waals surface area contributed by atoms with Crippen molar-refractivity contribution in [3.05, 3.63) is 114 Å². The van der Waals surface area contributed by atoms with E-state index in [4.69, 9.17) is 4.74 Å². The predicted molar refractivity (Wildman–Crippen MR) is 117 cm³/mol. The number of halogens is 1. The van der Waals surface area contributed by atoms with Gasteiger partial charge in [0.25, 0.3) is 5.91 Å². The number of hydrogen-bond donors (Lipinski definition) is 1. The number of esters is 1. The lowest BCUT2D eigenvalue weighted by Crippen LogP contribution is -2.17. The zero-order valence-electron chi connectivity index (χ0n) is 16.3. The van der Waals surface area contributed by atoms with E-state index in [1.165, 1.54) is 24.4 Å². The molecule has 152 valence electrons. The van der Waals surface area contributed by atoms with E-state index >= 15 is 0 Å². The number of rotatable bonds is 5. The van der Waals surface area contributed by atoms with Crippen LogP contribution in [0.15, 0.2) is 96.1 Å². The number of ether oxygens (including phenoxy) is 1. The first-order valence-corrected chi connectivity index (χ1v) is 9.50. The van der Waals surface area contributed by atoms with E-state index in [0.717, 1.165) is 10.8 Å². The third-order valence-electron chi connectivity index (χ3n) is 4.60. The molecule has 0 saturated heterocycles. The van der Waals surface area contributed by atoms with E-state index < -0.39 is 11.8 Å². The molecule has 0 radical (unpaired) electrons. The topological polar surface area (TPSA) is 67.8 Å². The smallest absolute Gasteiger partial charge is 0.346 e. The summed E-state index contributed by atoms with van der Waals surface area (Å²) in [5, 5.41) is 5.81. The Kier molecular flexibility index (Phi) is 5.80. The SMILES string of the molecule is O=C(Oc1ccc(C=NNC(=O)c2cccc3ccccc23)cc1)c1ccccc1F. The number of fused-ring (bicyclic) bond motifs is 1. The van der Waals surface area contributed by atoms with Gasteiger partial charge in [-0.1, -0.05) is 48.5 Å². The third kappa shape index (κ3) is 4.64. The number of nitrogens with zero attached hydrogens (tertiary/aromatic N) is 1. The summed E-state index contributed by atoms with van der Waals surface area (Å²) < 4.78 is 18.9. The molecule has 0 aromatic heterocycles. The van der Waals surface area contributed by atoms with Crippen LogP contribution in [-0.4, -0.2) is 18.1 Å². The molecule has 1 amide bonds. The van der Waals surface area contributed by atoms with Gasteiger partial charge in [0.05, 0.1) is 11.8 Å². The molecule has 0 bridgehead atoms. The minimum atomic E-state index is -0.776. The number of amides is 1. The van der Waals surface area contributed by atoms with E-state index in [1.54, 1.807) is 36.4 Å². The van der Waals surface area contributed by atoms with Gasteiger partial charge in [0.15, 0.2) is 0 Å². The van der Waals surface area contributed by atoms with E-state index in [2.05, 4.69) is 10.5 Å². The molecule has 1 N–H and O–H groups in total. The third-order valence-corrected chi connectivity index (χ3v) is 4.60. The van der Waals surface area contributed by atoms with Crippen LogP contribution in [0.3, 0.4) is 0 Å². The van der Waals surface area contributed by atoms with Crippen molar-refractivity contribution in [3.63, 3.8) is 0 Å². The van der Waals surface area contributed by atoms with Crippen LogP contribution in [0.1, 0.15) is 26.3 Å². The number of carbonyl (C=O) groups is 2. The van der Waals surface area contributed by atoms with Crippen molar-refractivity contribution in [2.24, 2.45) is 5.10 Å². The maximum atomic E-state index is 13.7. The summed E-state index contributed by atoms with van der Waals surface area (Å²) in [7, 11) is 0. The summed E-state index contributed by atoms with van der Waals surface area (Å²) in [5.41, 5.74) is 3.60. The Labute approximate surface area is 177 Å². The summed E-state index contributed by atoms with van der Waals surface area (Å²) in [6.45, 7) is 0. The Morgan fingerprint density at radius 2 is 1.48 bits per heavy atom. The van der Waals surface area contributed by atoms with Crippen molar-refractivity contribution in [2.75, 3.05) is 0 Å². The lowest BCUT2D eigenvalue weighted by Gasteiger charge is -2.06. The number of hydrazone groups is 1. The highest BCUT2D eigenvalue weighted by Gasteiger charge is 2.13. The molecular formula is C25H17FN2O3. The predicted octanol–water partition coefficient (Wildman–Crippen LogP) is 4.96. The fourth-order valence-electron chi connectivity index (χ4n) is 3.06. The second kappa shape index (κ2) is 9.00. The average molecular weight is 412 g/mol. The first-order chi connectivity index (χ1) is 15.1. The molecule has 0 spiro atoms. The number of hydrogen-bond acceptors (Lipinski definition) is 4. The van der Waals surface area contributed by atoms with Crippen molar-refractivity contribution in [2.45, 2.75) is 0 Å². The molecule has 0 heterocycles. The van der Waals surface area contributed by atoms with Crippen LogP contribution in [0.5, 0.6) is 5.75 Å². The highest BCUT2D eigenvalue weighted by atomic mass is 19.1. The molecule has 4 rings (SSSR count). The monoisotopic (exact) mass is 412 g/mol. The highest BCUT2D eigenvalue weighted by molar-refractivity contribution is 6.07. The van der Waals surface area contributed by atoms with Crippen molar-refractivity contribution in [3.8, 4) is 5.75 Å². The zero-order chi connectivity index (χ0) is 21.6. The summed E-state index contributed by atoms with van der Waals surface area (Å²) in [4.78, 5) is 24.5. The molecule has 5 nitrogen and oxygen atoms in total. The Balaban J connectivity index is 1.39. The molecule has 0 atom stereocenters. The fourth-order valence-corrected chi connectivity index (χ4v) is 3.06. The summed E-state index contributed by atoms with van der Waals surface area (Å²) >= 11 is 0. The van der Waals surface area contributed by atoms with Gasteiger partial charge in [-0.3, -0.25) is 4.79 Å². The maximum Gasteiger partial charge on any atom is 0.346 e. The Hall–Kier alpha value is -4.32. The lowest BCUT2D eigenvalue weighted by atomic mass is 10.0. The van der Waals surface area contributed by atoms with Gasteiger partial charge in [-0.05, 0) is 58.8 Å². The molecule has 31 heavy (non-hydrogen) atoms. The summed E-state index contributed by atoms with van der Waals surface area (Å²) in [6.07, 6.45) is 1.48. The van der Waals surface area contributed by atoms with Crippen LogP contribution in [0, 0.1) is 5.82 Å². The van der Waals surface area contributed by atoms with Gasteiger partial charge in [0.1, 0.15) is 11.6 Å². The highest BCUT2D eigenvalue weighted by Crippen LogP contribution is 2.18. The molecular weight excluding hydrogens is 395 g/mol. The summed E-state index contributed by atoms with van der Waals surface area (Å²) in [6, 6.07) is 25.2. The molecule has 0 unspecified atom stereocenters. The van der Waals surface area contributed by atoms with E-state index in [0.29, 0.717) is 11.1 Å². The molecule has 4 aromatic rings. The van der Waals surface area contributed by atoms with Gasteiger partial charge in [-0.25, -0.2) is 14.6 Å². The minimum Gasteiger partial charge on any atom is -0.423 e. The van der Waals surface area contributed by atoms with Gasteiger partial charge in [0.2, 0.25) is 0 Å². The first kappa shape index (κ1) is 20.0. The van der Waals surface area contributed by atoms with Crippen LogP contribution < -0.4 is 10.2 Å². The molecule has 0 fully saturated rings. The van der Waals surface area contributed by atoms with Gasteiger partial charge >= 0.3 is 5.97 Å². The number of benzene rings is 4. The van der Waals surface area contributed by atoms with E-state index in [-0.39, 0.29) is 17.2 Å². The average Bonchev–Trinajstić information content (AvgIpc) is 2.80. The zero-order valence-corrected chi connectivity index (χ0v) is 16.3. The summed E-state index contributed by atoms with van der Waals surface area (Å²) in [5.74, 6) is -1.46. The maximum absolute atomic E-state index is 13.7. The molecule has 0 aliphatic heterocycles. The largest absolute Gasteiger partial charge is 0.423 e. The fraction of sp³-hybridized carbons (Fsp3) is 0. The Bertz CT molecular complexity index is 1280. The molecule has 0 saturated carbocycles. The Morgan fingerprint density at radius 1 is 0.806 bits per heavy atom. The molecule has 0 aliphatic carbocycles. The normalized spacial score (nSPS) is 10.9. The van der Waals surface area contributed by atoms with Gasteiger partial charge in [-0.15, -0.1) is 0 Å². The van der Waals surface area contributed by atoms with Gasteiger partial charge in [-0.2, -0.15) is 5.10 Å². The lowest BCUT2D eigenvalue weighted by molar-refractivity contribution is 0.0729. The van der Waals surface area contributed by atoms with Crippen molar-refractivity contribution >= 4 is 28.9 Å². The number of nitrogens with one attached hydrogen (secondary N) is 1. The minimum absolute atomic E-state index is 0.135. The Morgan fingerprint density at radius 3 is 2.29 bits per heavy atom. The second-order valence-corrected chi connectivity index (χ2v) is 6.66. The molecule has 0 aliphatic rings. The standard InChI is InChI=1S/C25H17FN2O3/c26-23-11-4-3-9-22(23)25(30)31-19-14-12-17(13-15-19)16-27-28-24(29)21-10-5-7-18-6-1-2-8-20(18)21/h1-16H,(H,28,29). The second-order valence-electron chi connectivity index (χ2n) is 6.66. The van der Waals surface area contributed by atoms with Crippen molar-refractivity contribution in [1.82, 2.24) is 5.43 Å². The van der Waals surface area contributed by atoms with Crippen molar-refractivity contribution < 1.29 is 18.7 Å². The molecule has 6 heteroatoms. The van der Waals surface area contributed by atoms with Crippen LogP contribution in [0.4, 0.5) is 4.39 Å². The van der Waals surface area contributed by atoms with Crippen LogP contribution >= 0.6 is 0 Å². The van der Waals surface area contributed by atoms with Gasteiger partial charge in [0, 0.05) is 5.56 Å². The van der Waals surface area contributed by atoms with Crippen LogP contribution in [0.2, 0.25) is 0 Å². The van der Waals surface area contributed by atoms with E-state index in [1.807, 2.05) is 36.4 Å². The van der Waals surface area contributed by atoms with Crippen LogP contribution in [0.25, 0.3) is 10.8 Å². The van der Waals surface area contributed by atoms with E-state index in [9.17, 15) is 14.0 Å². The molecule has 4 aromatic carbocycles. The van der Waals surface area contributed by atoms with Crippen LogP contribution in [-0.2, 0) is 0 Å².